The van der Waals surface area contributed by atoms with E-state index in [1.165, 1.54) is 0 Å². The van der Waals surface area contributed by atoms with Crippen LogP contribution in [-0.4, -0.2) is 11.3 Å². The van der Waals surface area contributed by atoms with Crippen molar-refractivity contribution in [3.8, 4) is 0 Å². The predicted octanol–water partition coefficient (Wildman–Crippen LogP) is 1.44. The maximum absolute atomic E-state index is 10.5. The molecule has 1 aromatic heterocycles. The number of hydrogen-bond acceptors (Lipinski definition) is 2. The van der Waals surface area contributed by atoms with Crippen molar-refractivity contribution in [3.05, 3.63) is 35.5 Å². The quantitative estimate of drug-likeness (QED) is 0.677. The van der Waals surface area contributed by atoms with Gasteiger partial charge in [-0.15, -0.1) is 0 Å². The molecule has 0 fully saturated rings. The number of carbonyl (C=O) groups excluding carboxylic acids is 1. The summed E-state index contributed by atoms with van der Waals surface area (Å²) in [6.07, 6.45) is 2.71. The molecule has 66 valence electrons. The van der Waals surface area contributed by atoms with Gasteiger partial charge < -0.3 is 10.7 Å². The van der Waals surface area contributed by atoms with Gasteiger partial charge in [-0.25, -0.2) is 0 Å². The summed E-state index contributed by atoms with van der Waals surface area (Å²) >= 11 is 0. The highest BCUT2D eigenvalue weighted by Gasteiger charge is 2.01. The normalized spacial score (nSPS) is 10.5. The van der Waals surface area contributed by atoms with Crippen molar-refractivity contribution in [1.29, 1.82) is 0 Å². The average molecular weight is 174 g/mol. The molecule has 1 aromatic carbocycles. The molecule has 0 unspecified atom stereocenters. The molecule has 0 saturated heterocycles. The van der Waals surface area contributed by atoms with Gasteiger partial charge in [-0.05, 0) is 23.8 Å². The standard InChI is InChI=1S/C10H10N2O/c11-4-8-5-12-10-2-1-7(6-13)3-9(8)10/h1-3,5-6,12H,4,11H2. The molecule has 0 aliphatic rings. The minimum atomic E-state index is 0.488. The molecule has 3 N–H and O–H groups in total. The lowest BCUT2D eigenvalue weighted by Crippen LogP contribution is -1.94. The van der Waals surface area contributed by atoms with E-state index in [0.29, 0.717) is 12.1 Å². The maximum Gasteiger partial charge on any atom is 0.150 e. The minimum absolute atomic E-state index is 0.488. The molecular weight excluding hydrogens is 164 g/mol. The van der Waals surface area contributed by atoms with Gasteiger partial charge in [0.1, 0.15) is 6.29 Å². The van der Waals surface area contributed by atoms with Gasteiger partial charge in [-0.2, -0.15) is 0 Å². The molecule has 3 nitrogen and oxygen atoms in total. The Labute approximate surface area is 75.6 Å². The highest BCUT2D eigenvalue weighted by Crippen LogP contribution is 2.18. The largest absolute Gasteiger partial charge is 0.361 e. The molecular formula is C10H10N2O. The molecule has 1 heterocycles. The van der Waals surface area contributed by atoms with Crippen molar-refractivity contribution < 1.29 is 4.79 Å². The molecule has 0 saturated carbocycles. The van der Waals surface area contributed by atoms with Crippen molar-refractivity contribution in [1.82, 2.24) is 4.98 Å². The van der Waals surface area contributed by atoms with Gasteiger partial charge in [0.2, 0.25) is 0 Å². The first-order valence-electron chi connectivity index (χ1n) is 4.10. The number of carbonyl (C=O) groups is 1. The molecule has 0 spiro atoms. The van der Waals surface area contributed by atoms with Gasteiger partial charge in [0.15, 0.2) is 0 Å². The van der Waals surface area contributed by atoms with Crippen molar-refractivity contribution in [2.75, 3.05) is 0 Å². The number of aromatic nitrogens is 1. The molecule has 0 aliphatic heterocycles. The van der Waals surface area contributed by atoms with E-state index in [2.05, 4.69) is 4.98 Å². The van der Waals surface area contributed by atoms with Crippen LogP contribution in [-0.2, 0) is 6.54 Å². The van der Waals surface area contributed by atoms with Crippen LogP contribution in [0, 0.1) is 0 Å². The average Bonchev–Trinajstić information content (AvgIpc) is 2.59. The van der Waals surface area contributed by atoms with Gasteiger partial charge >= 0.3 is 0 Å². The first-order valence-corrected chi connectivity index (χ1v) is 4.10. The zero-order valence-corrected chi connectivity index (χ0v) is 7.08. The zero-order valence-electron chi connectivity index (χ0n) is 7.08. The predicted molar refractivity (Wildman–Crippen MR) is 51.6 cm³/mol. The second-order valence-electron chi connectivity index (χ2n) is 2.94. The summed E-state index contributed by atoms with van der Waals surface area (Å²) in [5, 5.41) is 1.03. The Morgan fingerprint density at radius 1 is 1.46 bits per heavy atom. The molecule has 2 aromatic rings. The van der Waals surface area contributed by atoms with E-state index >= 15 is 0 Å². The summed E-state index contributed by atoms with van der Waals surface area (Å²) < 4.78 is 0. The number of aromatic amines is 1. The number of nitrogens with two attached hydrogens (primary N) is 1. The third-order valence-electron chi connectivity index (χ3n) is 2.15. The van der Waals surface area contributed by atoms with E-state index in [9.17, 15) is 4.79 Å². The molecule has 0 radical (unpaired) electrons. The number of aldehydes is 1. The van der Waals surface area contributed by atoms with Gasteiger partial charge in [0.05, 0.1) is 0 Å². The number of nitrogens with one attached hydrogen (secondary N) is 1. The van der Waals surface area contributed by atoms with Crippen LogP contribution in [0.4, 0.5) is 0 Å². The van der Waals surface area contributed by atoms with Crippen LogP contribution >= 0.6 is 0 Å². The highest BCUT2D eigenvalue weighted by molar-refractivity contribution is 5.89. The number of rotatable bonds is 2. The van der Waals surface area contributed by atoms with E-state index in [4.69, 9.17) is 5.73 Å². The van der Waals surface area contributed by atoms with Crippen molar-refractivity contribution in [2.24, 2.45) is 5.73 Å². The fourth-order valence-electron chi connectivity index (χ4n) is 1.44. The third-order valence-corrected chi connectivity index (χ3v) is 2.15. The Morgan fingerprint density at radius 2 is 2.31 bits per heavy atom. The molecule has 2 rings (SSSR count). The Kier molecular flexibility index (Phi) is 1.87. The van der Waals surface area contributed by atoms with Crippen LogP contribution in [0.5, 0.6) is 0 Å². The summed E-state index contributed by atoms with van der Waals surface area (Å²) in [5.74, 6) is 0. The molecule has 0 aliphatic carbocycles. The smallest absolute Gasteiger partial charge is 0.150 e. The third kappa shape index (κ3) is 1.23. The summed E-state index contributed by atoms with van der Waals surface area (Å²) in [5.41, 5.74) is 8.29. The van der Waals surface area contributed by atoms with Crippen LogP contribution < -0.4 is 5.73 Å². The van der Waals surface area contributed by atoms with Crippen LogP contribution in [0.3, 0.4) is 0 Å². The monoisotopic (exact) mass is 174 g/mol. The van der Waals surface area contributed by atoms with Gasteiger partial charge in [-0.1, -0.05) is 0 Å². The SMILES string of the molecule is NCc1c[nH]c2ccc(C=O)cc12. The van der Waals surface area contributed by atoms with E-state index in [-0.39, 0.29) is 0 Å². The summed E-state index contributed by atoms with van der Waals surface area (Å²) in [6, 6.07) is 5.52. The Hall–Kier alpha value is -1.61. The Morgan fingerprint density at radius 3 is 3.00 bits per heavy atom. The van der Waals surface area contributed by atoms with Gasteiger partial charge in [0, 0.05) is 29.2 Å². The van der Waals surface area contributed by atoms with Crippen LogP contribution in [0.25, 0.3) is 10.9 Å². The fraction of sp³-hybridized carbons (Fsp3) is 0.100. The van der Waals surface area contributed by atoms with Crippen LogP contribution in [0.15, 0.2) is 24.4 Å². The second kappa shape index (κ2) is 3.03. The summed E-state index contributed by atoms with van der Waals surface area (Å²) in [7, 11) is 0. The molecule has 0 amide bonds. The first kappa shape index (κ1) is 8.01. The lowest BCUT2D eigenvalue weighted by molar-refractivity contribution is 0.112. The molecule has 0 bridgehead atoms. The maximum atomic E-state index is 10.5. The highest BCUT2D eigenvalue weighted by atomic mass is 16.1. The number of fused-ring (bicyclic) bond motifs is 1. The number of benzene rings is 1. The lowest BCUT2D eigenvalue weighted by atomic mass is 10.1. The van der Waals surface area contributed by atoms with Crippen LogP contribution in [0.2, 0.25) is 0 Å². The minimum Gasteiger partial charge on any atom is -0.361 e. The first-order chi connectivity index (χ1) is 6.35. The second-order valence-corrected chi connectivity index (χ2v) is 2.94. The van der Waals surface area contributed by atoms with Gasteiger partial charge in [-0.3, -0.25) is 4.79 Å². The molecule has 3 heteroatoms. The summed E-state index contributed by atoms with van der Waals surface area (Å²) in [6.45, 7) is 0.488. The molecule has 0 atom stereocenters. The van der Waals surface area contributed by atoms with E-state index in [1.807, 2.05) is 18.3 Å². The van der Waals surface area contributed by atoms with E-state index in [1.54, 1.807) is 6.07 Å². The van der Waals surface area contributed by atoms with Gasteiger partial charge in [0.25, 0.3) is 0 Å². The summed E-state index contributed by atoms with van der Waals surface area (Å²) in [4.78, 5) is 13.6. The van der Waals surface area contributed by atoms with E-state index in [0.717, 1.165) is 22.8 Å². The Balaban J connectivity index is 2.71. The van der Waals surface area contributed by atoms with Crippen molar-refractivity contribution in [3.63, 3.8) is 0 Å². The number of hydrogen-bond donors (Lipinski definition) is 2. The van der Waals surface area contributed by atoms with Crippen molar-refractivity contribution in [2.45, 2.75) is 6.54 Å². The zero-order chi connectivity index (χ0) is 9.26. The number of H-pyrrole nitrogens is 1. The lowest BCUT2D eigenvalue weighted by Gasteiger charge is -1.94. The van der Waals surface area contributed by atoms with Crippen molar-refractivity contribution >= 4 is 17.2 Å². The van der Waals surface area contributed by atoms with Crippen LogP contribution in [0.1, 0.15) is 15.9 Å². The fourth-order valence-corrected chi connectivity index (χ4v) is 1.44. The Bertz CT molecular complexity index is 445. The molecule has 13 heavy (non-hydrogen) atoms. The van der Waals surface area contributed by atoms with E-state index < -0.39 is 0 Å². The topological polar surface area (TPSA) is 58.9 Å².